The van der Waals surface area contributed by atoms with Crippen molar-refractivity contribution in [3.63, 3.8) is 0 Å². The second-order valence-electron chi connectivity index (χ2n) is 5.48. The van der Waals surface area contributed by atoms with Crippen LogP contribution in [0.15, 0.2) is 30.3 Å². The molecule has 1 unspecified atom stereocenters. The average molecular weight is 307 g/mol. The lowest BCUT2D eigenvalue weighted by molar-refractivity contribution is 0.308. The van der Waals surface area contributed by atoms with E-state index < -0.39 is 0 Å². The molecule has 0 amide bonds. The summed E-state index contributed by atoms with van der Waals surface area (Å²) in [5.41, 5.74) is 1.16. The molecule has 0 saturated heterocycles. The van der Waals surface area contributed by atoms with E-state index in [1.165, 1.54) is 0 Å². The van der Waals surface area contributed by atoms with Crippen LogP contribution in [0.1, 0.15) is 38.2 Å². The molecule has 1 atom stereocenters. The van der Waals surface area contributed by atoms with Gasteiger partial charge in [0.2, 0.25) is 0 Å². The molecule has 0 aliphatic rings. The summed E-state index contributed by atoms with van der Waals surface area (Å²) >= 11 is 6.11. The maximum Gasteiger partial charge on any atom is 0.127 e. The molecule has 0 bridgehead atoms. The number of ether oxygens (including phenoxy) is 1. The highest BCUT2D eigenvalue weighted by Gasteiger charge is 2.07. The van der Waals surface area contributed by atoms with Gasteiger partial charge in [-0.25, -0.2) is 0 Å². The summed E-state index contributed by atoms with van der Waals surface area (Å²) in [5, 5.41) is 12.0. The van der Waals surface area contributed by atoms with E-state index in [9.17, 15) is 5.11 Å². The van der Waals surface area contributed by atoms with Gasteiger partial charge in [0.15, 0.2) is 0 Å². The highest BCUT2D eigenvalue weighted by Crippen LogP contribution is 2.33. The second kappa shape index (κ2) is 7.56. The molecular formula is C18H23ClO2. The summed E-state index contributed by atoms with van der Waals surface area (Å²) in [5.74, 6) is 1.13. The molecule has 0 heterocycles. The van der Waals surface area contributed by atoms with Crippen LogP contribution in [0.3, 0.4) is 0 Å². The van der Waals surface area contributed by atoms with E-state index in [1.807, 2.05) is 25.1 Å². The number of hydrogen-bond donors (Lipinski definition) is 1. The van der Waals surface area contributed by atoms with Gasteiger partial charge in [-0.3, -0.25) is 0 Å². The van der Waals surface area contributed by atoms with Gasteiger partial charge in [0.05, 0.1) is 6.61 Å². The topological polar surface area (TPSA) is 29.5 Å². The zero-order valence-corrected chi connectivity index (χ0v) is 13.5. The summed E-state index contributed by atoms with van der Waals surface area (Å²) in [4.78, 5) is 0. The van der Waals surface area contributed by atoms with Crippen molar-refractivity contribution in [2.75, 3.05) is 6.61 Å². The third-order valence-electron chi connectivity index (χ3n) is 3.72. The Labute approximate surface area is 131 Å². The number of unbranched alkanes of at least 4 members (excludes halogenated alkanes) is 1. The standard InChI is InChI=1S/C18H23ClO2/c1-3-14(19)6-4-5-11-21-18-10-9-17(20)15-8-7-13(2)12-16(15)18/h7-10,12,14,20H,3-6,11H2,1-2H3. The van der Waals surface area contributed by atoms with Gasteiger partial charge in [-0.1, -0.05) is 24.6 Å². The van der Waals surface area contributed by atoms with E-state index in [0.717, 1.165) is 47.8 Å². The number of hydrogen-bond acceptors (Lipinski definition) is 2. The third-order valence-corrected chi connectivity index (χ3v) is 4.25. The van der Waals surface area contributed by atoms with Crippen LogP contribution in [0.4, 0.5) is 0 Å². The Hall–Kier alpha value is -1.41. The first-order chi connectivity index (χ1) is 10.1. The molecule has 0 spiro atoms. The Bertz CT molecular complexity index is 595. The van der Waals surface area contributed by atoms with Crippen molar-refractivity contribution >= 4 is 22.4 Å². The van der Waals surface area contributed by atoms with E-state index in [4.69, 9.17) is 16.3 Å². The van der Waals surface area contributed by atoms with Crippen LogP contribution in [0.25, 0.3) is 10.8 Å². The molecule has 0 aromatic heterocycles. The number of phenolic OH excluding ortho intramolecular Hbond substituents is 1. The Morgan fingerprint density at radius 1 is 1.14 bits per heavy atom. The van der Waals surface area contributed by atoms with Crippen LogP contribution in [0, 0.1) is 6.92 Å². The van der Waals surface area contributed by atoms with E-state index in [0.29, 0.717) is 12.4 Å². The number of alkyl halides is 1. The zero-order chi connectivity index (χ0) is 15.2. The van der Waals surface area contributed by atoms with Gasteiger partial charge in [-0.05, 0) is 50.8 Å². The first kappa shape index (κ1) is 16.0. The van der Waals surface area contributed by atoms with Gasteiger partial charge in [-0.2, -0.15) is 0 Å². The summed E-state index contributed by atoms with van der Waals surface area (Å²) in [7, 11) is 0. The minimum absolute atomic E-state index is 0.280. The monoisotopic (exact) mass is 306 g/mol. The van der Waals surface area contributed by atoms with E-state index in [1.54, 1.807) is 6.07 Å². The Morgan fingerprint density at radius 3 is 2.71 bits per heavy atom. The van der Waals surface area contributed by atoms with Crippen molar-refractivity contribution in [2.45, 2.75) is 44.9 Å². The third kappa shape index (κ3) is 4.28. The summed E-state index contributed by atoms with van der Waals surface area (Å²) in [6.45, 7) is 4.83. The molecule has 114 valence electrons. The summed E-state index contributed by atoms with van der Waals surface area (Å²) in [6, 6.07) is 9.52. The van der Waals surface area contributed by atoms with Gasteiger partial charge in [0.25, 0.3) is 0 Å². The van der Waals surface area contributed by atoms with Crippen LogP contribution in [-0.2, 0) is 0 Å². The maximum atomic E-state index is 9.91. The number of rotatable bonds is 7. The number of halogens is 1. The van der Waals surface area contributed by atoms with E-state index in [2.05, 4.69) is 13.0 Å². The van der Waals surface area contributed by atoms with Crippen molar-refractivity contribution in [3.05, 3.63) is 35.9 Å². The molecule has 2 rings (SSSR count). The molecule has 0 saturated carbocycles. The fourth-order valence-corrected chi connectivity index (χ4v) is 2.55. The Morgan fingerprint density at radius 2 is 1.95 bits per heavy atom. The van der Waals surface area contributed by atoms with Crippen molar-refractivity contribution in [2.24, 2.45) is 0 Å². The lowest BCUT2D eigenvalue weighted by Crippen LogP contribution is -2.01. The molecule has 0 aliphatic heterocycles. The molecule has 0 aliphatic carbocycles. The normalized spacial score (nSPS) is 12.5. The minimum atomic E-state index is 0.280. The predicted molar refractivity (Wildman–Crippen MR) is 89.6 cm³/mol. The first-order valence-corrected chi connectivity index (χ1v) is 8.04. The molecule has 0 radical (unpaired) electrons. The molecular weight excluding hydrogens is 284 g/mol. The smallest absolute Gasteiger partial charge is 0.127 e. The molecule has 21 heavy (non-hydrogen) atoms. The highest BCUT2D eigenvalue weighted by atomic mass is 35.5. The Balaban J connectivity index is 1.99. The van der Waals surface area contributed by atoms with Crippen LogP contribution in [0.2, 0.25) is 0 Å². The number of aromatic hydroxyl groups is 1. The molecule has 2 aromatic carbocycles. The molecule has 1 N–H and O–H groups in total. The molecule has 3 heteroatoms. The van der Waals surface area contributed by atoms with Gasteiger partial charge >= 0.3 is 0 Å². The van der Waals surface area contributed by atoms with Crippen molar-refractivity contribution in [1.29, 1.82) is 0 Å². The molecule has 0 fully saturated rings. The van der Waals surface area contributed by atoms with Gasteiger partial charge < -0.3 is 9.84 Å². The fourth-order valence-electron chi connectivity index (χ4n) is 2.40. The average Bonchev–Trinajstić information content (AvgIpc) is 2.48. The minimum Gasteiger partial charge on any atom is -0.507 e. The van der Waals surface area contributed by atoms with Crippen molar-refractivity contribution in [3.8, 4) is 11.5 Å². The fraction of sp³-hybridized carbons (Fsp3) is 0.444. The van der Waals surface area contributed by atoms with Crippen LogP contribution < -0.4 is 4.74 Å². The van der Waals surface area contributed by atoms with Gasteiger partial charge in [0.1, 0.15) is 11.5 Å². The molecule has 2 nitrogen and oxygen atoms in total. The van der Waals surface area contributed by atoms with Crippen molar-refractivity contribution < 1.29 is 9.84 Å². The summed E-state index contributed by atoms with van der Waals surface area (Å²) < 4.78 is 5.89. The second-order valence-corrected chi connectivity index (χ2v) is 6.10. The number of aryl methyl sites for hydroxylation is 1. The SMILES string of the molecule is CCC(Cl)CCCCOc1ccc(O)c2ccc(C)cc12. The number of fused-ring (bicyclic) bond motifs is 1. The van der Waals surface area contributed by atoms with Crippen molar-refractivity contribution in [1.82, 2.24) is 0 Å². The predicted octanol–water partition coefficient (Wildman–Crippen LogP) is 5.42. The van der Waals surface area contributed by atoms with Crippen LogP contribution in [0.5, 0.6) is 11.5 Å². The summed E-state index contributed by atoms with van der Waals surface area (Å²) in [6.07, 6.45) is 4.13. The first-order valence-electron chi connectivity index (χ1n) is 7.61. The van der Waals surface area contributed by atoms with E-state index in [-0.39, 0.29) is 5.38 Å². The maximum absolute atomic E-state index is 9.91. The number of phenols is 1. The van der Waals surface area contributed by atoms with Crippen LogP contribution >= 0.6 is 11.6 Å². The zero-order valence-electron chi connectivity index (χ0n) is 12.7. The van der Waals surface area contributed by atoms with E-state index >= 15 is 0 Å². The van der Waals surface area contributed by atoms with Gasteiger partial charge in [-0.15, -0.1) is 11.6 Å². The lowest BCUT2D eigenvalue weighted by atomic mass is 10.1. The molecule has 2 aromatic rings. The van der Waals surface area contributed by atoms with Gasteiger partial charge in [0, 0.05) is 16.1 Å². The van der Waals surface area contributed by atoms with Crippen LogP contribution in [-0.4, -0.2) is 17.1 Å². The highest BCUT2D eigenvalue weighted by molar-refractivity contribution is 6.20. The lowest BCUT2D eigenvalue weighted by Gasteiger charge is -2.11. The quantitative estimate of drug-likeness (QED) is 0.546. The Kier molecular flexibility index (Phi) is 5.75. The largest absolute Gasteiger partial charge is 0.507 e. The number of benzene rings is 2.